The fourth-order valence-electron chi connectivity index (χ4n) is 11.0. The van der Waals surface area contributed by atoms with E-state index in [0.717, 1.165) is 83.2 Å². The molecule has 5 heterocycles. The molecule has 0 amide bonds. The average Bonchev–Trinajstić information content (AvgIpc) is 4.19. The molecule has 312 valence electrons. The zero-order valence-corrected chi connectivity index (χ0v) is 36.0. The summed E-state index contributed by atoms with van der Waals surface area (Å²) < 4.78 is 20.1. The normalized spacial score (nSPS) is 12.2. The lowest BCUT2D eigenvalue weighted by Crippen LogP contribution is -1.94. The summed E-state index contributed by atoms with van der Waals surface area (Å²) in [5, 5.41) is 10.6. The summed E-state index contributed by atoms with van der Waals surface area (Å²) in [6.45, 7) is 0. The third kappa shape index (κ3) is 5.25. The zero-order valence-electron chi connectivity index (χ0n) is 36.0. The molecule has 0 atom stereocenters. The molecule has 0 unspecified atom stereocenters. The van der Waals surface area contributed by atoms with Crippen LogP contribution in [0, 0.1) is 0 Å². The highest BCUT2D eigenvalue weighted by Gasteiger charge is 2.21. The van der Waals surface area contributed by atoms with E-state index in [0.29, 0.717) is 0 Å². The van der Waals surface area contributed by atoms with Gasteiger partial charge in [0.1, 0.15) is 16.7 Å². The Bertz CT molecular complexity index is 4500. The molecule has 0 N–H and O–H groups in total. The smallest absolute Gasteiger partial charge is 0.213 e. The maximum atomic E-state index is 6.74. The highest BCUT2D eigenvalue weighted by atomic mass is 16.3. The van der Waals surface area contributed by atoms with Gasteiger partial charge < -0.3 is 18.0 Å². The van der Waals surface area contributed by atoms with Gasteiger partial charge in [0.2, 0.25) is 5.71 Å². The summed E-state index contributed by atoms with van der Waals surface area (Å²) in [5.74, 6) is 0. The lowest BCUT2D eigenvalue weighted by molar-refractivity contribution is 0.645. The molecule has 5 nitrogen and oxygen atoms in total. The van der Waals surface area contributed by atoms with Crippen LogP contribution in [-0.2, 0) is 0 Å². The topological polar surface area (TPSA) is 41.1 Å². The van der Waals surface area contributed by atoms with Gasteiger partial charge in [0.05, 0.1) is 33.0 Å². The first kappa shape index (κ1) is 36.3. The van der Waals surface area contributed by atoms with Gasteiger partial charge in [-0.1, -0.05) is 121 Å². The van der Waals surface area contributed by atoms with E-state index in [1.54, 1.807) is 0 Å². The van der Waals surface area contributed by atoms with E-state index in [2.05, 4.69) is 226 Å². The van der Waals surface area contributed by atoms with Gasteiger partial charge in [-0.2, -0.15) is 0 Å². The van der Waals surface area contributed by atoms with Crippen LogP contribution in [-0.4, -0.2) is 13.7 Å². The van der Waals surface area contributed by atoms with Gasteiger partial charge in [-0.15, -0.1) is 0 Å². The van der Waals surface area contributed by atoms with Gasteiger partial charge in [0, 0.05) is 66.2 Å². The van der Waals surface area contributed by atoms with Gasteiger partial charge in [-0.25, -0.2) is 0 Å². The first-order chi connectivity index (χ1) is 33.2. The van der Waals surface area contributed by atoms with Gasteiger partial charge >= 0.3 is 0 Å². The fraction of sp³-hybridized carbons (Fsp3) is 0. The zero-order chi connectivity index (χ0) is 43.7. The Morgan fingerprint density at radius 3 is 1.40 bits per heavy atom. The van der Waals surface area contributed by atoms with E-state index >= 15 is 0 Å². The Labute approximate surface area is 383 Å². The van der Waals surface area contributed by atoms with Crippen molar-refractivity contribution >= 4 is 98.5 Å². The molecular formula is C62H37N3O2. The van der Waals surface area contributed by atoms with Crippen molar-refractivity contribution in [1.29, 1.82) is 0 Å². The van der Waals surface area contributed by atoms with Crippen LogP contribution in [0.4, 0.5) is 0 Å². The summed E-state index contributed by atoms with van der Waals surface area (Å²) in [4.78, 5) is 0. The lowest BCUT2D eigenvalue weighted by Gasteiger charge is -2.10. The molecule has 0 aliphatic rings. The fourth-order valence-corrected chi connectivity index (χ4v) is 11.0. The largest absolute Gasteiger partial charge is 0.456 e. The standard InChI is InChI=1S/C62H37N3O2/c1-2-12-42(13-3-1)65-55-20-10-6-17-49(55)61-50-30-24-41(36-59(50)67-62(61)65)38-22-27-43(28-23-38)63-53-18-8-4-14-45(53)51-34-39(25-32-56(51)63)40-26-33-57-52(35-40)46-15-5-9-19-54(46)64(57)44-29-31-48-47-16-7-11-21-58(47)66-60(48)37-44/h1-37H. The Hall–Kier alpha value is -9.06. The quantitative estimate of drug-likeness (QED) is 0.173. The average molecular weight is 856 g/mol. The van der Waals surface area contributed by atoms with E-state index < -0.39 is 0 Å². The molecule has 0 saturated heterocycles. The summed E-state index contributed by atoms with van der Waals surface area (Å²) in [6, 6.07) is 80.7. The van der Waals surface area contributed by atoms with Crippen LogP contribution in [0.25, 0.3) is 138 Å². The van der Waals surface area contributed by atoms with Crippen LogP contribution in [0.2, 0.25) is 0 Å². The minimum Gasteiger partial charge on any atom is -0.456 e. The third-order valence-corrected chi connectivity index (χ3v) is 14.1. The lowest BCUT2D eigenvalue weighted by atomic mass is 10.0. The molecule has 0 aliphatic heterocycles. The number of benzene rings is 10. The van der Waals surface area contributed by atoms with Crippen LogP contribution in [0.3, 0.4) is 0 Å². The number of hydrogen-bond donors (Lipinski definition) is 0. The van der Waals surface area contributed by atoms with Crippen molar-refractivity contribution in [1.82, 2.24) is 13.7 Å². The van der Waals surface area contributed by atoms with Crippen molar-refractivity contribution in [2.45, 2.75) is 0 Å². The summed E-state index contributed by atoms with van der Waals surface area (Å²) in [7, 11) is 0. The highest BCUT2D eigenvalue weighted by Crippen LogP contribution is 2.42. The van der Waals surface area contributed by atoms with Crippen LogP contribution in [0.15, 0.2) is 233 Å². The molecule has 15 rings (SSSR count). The van der Waals surface area contributed by atoms with E-state index in [-0.39, 0.29) is 0 Å². The highest BCUT2D eigenvalue weighted by molar-refractivity contribution is 6.20. The van der Waals surface area contributed by atoms with Crippen molar-refractivity contribution in [3.05, 3.63) is 224 Å². The monoisotopic (exact) mass is 855 g/mol. The predicted molar refractivity (Wildman–Crippen MR) is 277 cm³/mol. The Morgan fingerprint density at radius 1 is 0.239 bits per heavy atom. The summed E-state index contributed by atoms with van der Waals surface area (Å²) in [6.07, 6.45) is 0. The third-order valence-electron chi connectivity index (χ3n) is 14.1. The first-order valence-electron chi connectivity index (χ1n) is 22.8. The maximum absolute atomic E-state index is 6.74. The number of hydrogen-bond acceptors (Lipinski definition) is 2. The molecule has 0 bridgehead atoms. The van der Waals surface area contributed by atoms with E-state index in [1.165, 1.54) is 54.6 Å². The molecule has 0 spiro atoms. The second kappa shape index (κ2) is 13.7. The second-order valence-corrected chi connectivity index (χ2v) is 17.7. The van der Waals surface area contributed by atoms with Crippen LogP contribution >= 0.6 is 0 Å². The van der Waals surface area contributed by atoms with Gasteiger partial charge in [-0.05, 0) is 119 Å². The Kier molecular flexibility index (Phi) is 7.44. The van der Waals surface area contributed by atoms with Crippen molar-refractivity contribution in [3.63, 3.8) is 0 Å². The van der Waals surface area contributed by atoms with Gasteiger partial charge in [0.15, 0.2) is 0 Å². The van der Waals surface area contributed by atoms with Crippen LogP contribution < -0.4 is 0 Å². The molecule has 10 aromatic carbocycles. The van der Waals surface area contributed by atoms with Crippen molar-refractivity contribution in [3.8, 4) is 39.3 Å². The molecule has 67 heavy (non-hydrogen) atoms. The maximum Gasteiger partial charge on any atom is 0.213 e. The van der Waals surface area contributed by atoms with Crippen LogP contribution in [0.5, 0.6) is 0 Å². The summed E-state index contributed by atoms with van der Waals surface area (Å²) >= 11 is 0. The Morgan fingerprint density at radius 2 is 0.701 bits per heavy atom. The SMILES string of the molecule is c1ccc(-n2c3ccccc3c3c4ccc(-c5ccc(-n6c7ccccc7c7cc(-c8ccc9c(c8)c8ccccc8n9-c8ccc9c(c8)oc8ccccc89)ccc76)cc5)cc4oc32)cc1. The summed E-state index contributed by atoms with van der Waals surface area (Å²) in [5.41, 5.74) is 17.3. The molecule has 0 radical (unpaired) electrons. The predicted octanol–water partition coefficient (Wildman–Crippen LogP) is 17.0. The van der Waals surface area contributed by atoms with Gasteiger partial charge in [-0.3, -0.25) is 4.57 Å². The van der Waals surface area contributed by atoms with Crippen molar-refractivity contribution < 1.29 is 8.83 Å². The minimum absolute atomic E-state index is 0.867. The number of fused-ring (bicyclic) bond motifs is 14. The number of rotatable bonds is 5. The molecule has 5 heteroatoms. The molecule has 0 fully saturated rings. The molecule has 0 saturated carbocycles. The molecule has 15 aromatic rings. The van der Waals surface area contributed by atoms with Gasteiger partial charge in [0.25, 0.3) is 0 Å². The Balaban J connectivity index is 0.806. The number of nitrogens with zero attached hydrogens (tertiary/aromatic N) is 3. The van der Waals surface area contributed by atoms with Crippen LogP contribution in [0.1, 0.15) is 0 Å². The molecule has 5 aromatic heterocycles. The van der Waals surface area contributed by atoms with E-state index in [1.807, 2.05) is 12.1 Å². The number of furan rings is 2. The van der Waals surface area contributed by atoms with Crippen molar-refractivity contribution in [2.24, 2.45) is 0 Å². The first-order valence-corrected chi connectivity index (χ1v) is 22.8. The second-order valence-electron chi connectivity index (χ2n) is 17.7. The van der Waals surface area contributed by atoms with E-state index in [9.17, 15) is 0 Å². The van der Waals surface area contributed by atoms with E-state index in [4.69, 9.17) is 8.83 Å². The van der Waals surface area contributed by atoms with Crippen molar-refractivity contribution in [2.75, 3.05) is 0 Å². The minimum atomic E-state index is 0.867. The molecule has 0 aliphatic carbocycles. The number of aromatic nitrogens is 3. The number of para-hydroxylation sites is 5. The molecular weight excluding hydrogens is 819 g/mol.